The Morgan fingerprint density at radius 3 is 2.33 bits per heavy atom. The van der Waals surface area contributed by atoms with Crippen molar-refractivity contribution < 1.29 is 18.0 Å². The van der Waals surface area contributed by atoms with Gasteiger partial charge in [0.25, 0.3) is 11.8 Å². The average molecular weight is 433 g/mol. The summed E-state index contributed by atoms with van der Waals surface area (Å²) in [6, 6.07) is 9.30. The van der Waals surface area contributed by atoms with Crippen molar-refractivity contribution in [2.75, 3.05) is 44.2 Å². The fourth-order valence-electron chi connectivity index (χ4n) is 3.64. The number of carbonyl (C=O) groups is 2. The molecule has 160 valence electrons. The molecule has 2 aliphatic rings. The minimum absolute atomic E-state index is 0.0602. The van der Waals surface area contributed by atoms with Crippen LogP contribution in [-0.4, -0.2) is 94.4 Å². The Bertz CT molecular complexity index is 1040. The van der Waals surface area contributed by atoms with Gasteiger partial charge in [-0.3, -0.25) is 19.5 Å². The van der Waals surface area contributed by atoms with Crippen LogP contribution in [0.25, 0.3) is 5.69 Å². The van der Waals surface area contributed by atoms with Crippen molar-refractivity contribution in [3.8, 4) is 5.69 Å². The van der Waals surface area contributed by atoms with E-state index in [-0.39, 0.29) is 35.6 Å². The van der Waals surface area contributed by atoms with Crippen LogP contribution in [0.2, 0.25) is 0 Å². The lowest BCUT2D eigenvalue weighted by Crippen LogP contribution is -2.51. The summed E-state index contributed by atoms with van der Waals surface area (Å²) in [5.41, 5.74) is 1.45. The summed E-state index contributed by atoms with van der Waals surface area (Å²) in [5.74, 6) is -0.454. The highest BCUT2D eigenvalue weighted by molar-refractivity contribution is 7.91. The lowest BCUT2D eigenvalue weighted by atomic mass is 10.3. The number of hydrogen-bond donors (Lipinski definition) is 0. The van der Waals surface area contributed by atoms with E-state index in [1.54, 1.807) is 6.92 Å². The van der Waals surface area contributed by atoms with Crippen molar-refractivity contribution in [1.82, 2.24) is 29.9 Å². The second kappa shape index (κ2) is 8.15. The van der Waals surface area contributed by atoms with Crippen LogP contribution in [0.3, 0.4) is 0 Å². The summed E-state index contributed by atoms with van der Waals surface area (Å²) in [6.07, 6.45) is 0.678. The number of carbonyl (C=O) groups excluding carboxylic acids is 2. The summed E-state index contributed by atoms with van der Waals surface area (Å²) in [5, 5.41) is 11.6. The Kier molecular flexibility index (Phi) is 5.56. The molecular formula is C19H24N6O4S. The third-order valence-electron chi connectivity index (χ3n) is 5.32. The van der Waals surface area contributed by atoms with Gasteiger partial charge in [0.15, 0.2) is 15.5 Å². The van der Waals surface area contributed by atoms with E-state index in [2.05, 4.69) is 10.2 Å². The van der Waals surface area contributed by atoms with Gasteiger partial charge in [0.2, 0.25) is 0 Å². The van der Waals surface area contributed by atoms with Gasteiger partial charge in [0.05, 0.1) is 29.4 Å². The monoisotopic (exact) mass is 432 g/mol. The Balaban J connectivity index is 1.46. The number of benzene rings is 1. The van der Waals surface area contributed by atoms with E-state index < -0.39 is 9.84 Å². The molecule has 0 unspecified atom stereocenters. The molecule has 1 aromatic heterocycles. The molecule has 0 N–H and O–H groups in total. The van der Waals surface area contributed by atoms with Crippen molar-refractivity contribution >= 4 is 21.7 Å². The molecule has 3 heterocycles. The minimum atomic E-state index is -3.00. The number of nitrogens with zero attached hydrogens (tertiary/aromatic N) is 6. The third-order valence-corrected chi connectivity index (χ3v) is 6.93. The molecule has 11 heteroatoms. The van der Waals surface area contributed by atoms with Gasteiger partial charge in [-0.25, -0.2) is 13.4 Å². The van der Waals surface area contributed by atoms with Gasteiger partial charge in [0, 0.05) is 26.2 Å². The molecule has 10 nitrogen and oxygen atoms in total. The molecule has 0 aliphatic carbocycles. The van der Waals surface area contributed by atoms with Gasteiger partial charge < -0.3 is 0 Å². The van der Waals surface area contributed by atoms with Crippen molar-refractivity contribution in [3.05, 3.63) is 41.7 Å². The predicted octanol–water partition coefficient (Wildman–Crippen LogP) is -0.104. The third kappa shape index (κ3) is 4.21. The fraction of sp³-hybridized carbons (Fsp3) is 0.474. The summed E-state index contributed by atoms with van der Waals surface area (Å²) in [6.45, 7) is 3.35. The Hall–Kier alpha value is -2.79. The number of para-hydroxylation sites is 1. The number of hydrogen-bond acceptors (Lipinski definition) is 7. The number of rotatable bonds is 4. The molecule has 0 radical (unpaired) electrons. The first-order valence-electron chi connectivity index (χ1n) is 9.88. The zero-order chi connectivity index (χ0) is 21.3. The normalized spacial score (nSPS) is 19.2. The quantitative estimate of drug-likeness (QED) is 0.663. The molecule has 0 atom stereocenters. The smallest absolute Gasteiger partial charge is 0.292 e. The fourth-order valence-corrected chi connectivity index (χ4v) is 4.92. The highest BCUT2D eigenvalue weighted by atomic mass is 32.2. The highest BCUT2D eigenvalue weighted by Crippen LogP contribution is 2.17. The second-order valence-corrected chi connectivity index (χ2v) is 9.79. The Morgan fingerprint density at radius 2 is 1.63 bits per heavy atom. The van der Waals surface area contributed by atoms with E-state index >= 15 is 0 Å². The van der Waals surface area contributed by atoms with Gasteiger partial charge in [-0.05, 0) is 25.5 Å². The van der Waals surface area contributed by atoms with Crippen molar-refractivity contribution in [2.24, 2.45) is 0 Å². The van der Waals surface area contributed by atoms with E-state index in [0.29, 0.717) is 38.3 Å². The first-order valence-corrected chi connectivity index (χ1v) is 11.7. The zero-order valence-corrected chi connectivity index (χ0v) is 17.6. The number of aryl methyl sites for hydroxylation is 1. The molecule has 2 aliphatic heterocycles. The SMILES string of the molecule is Cc1nn(-c2ccccc2)nc1C(=O)N1CCCN1C(=O)CN1CCS(=O)(=O)CC1. The van der Waals surface area contributed by atoms with Crippen molar-refractivity contribution in [2.45, 2.75) is 13.3 Å². The standard InChI is InChI=1S/C19H24N6O4S/c1-15-18(21-25(20-15)16-6-3-2-4-7-16)19(27)24-9-5-8-23(24)17(26)14-22-10-12-30(28,29)13-11-22/h2-4,6-7H,5,8-14H2,1H3. The largest absolute Gasteiger partial charge is 0.294 e. The number of amides is 2. The van der Waals surface area contributed by atoms with Crippen molar-refractivity contribution in [3.63, 3.8) is 0 Å². The molecule has 2 saturated heterocycles. The maximum absolute atomic E-state index is 13.1. The lowest BCUT2D eigenvalue weighted by Gasteiger charge is -2.31. The molecule has 0 spiro atoms. The van der Waals surface area contributed by atoms with Gasteiger partial charge in [-0.1, -0.05) is 18.2 Å². The molecular weight excluding hydrogens is 408 g/mol. The van der Waals surface area contributed by atoms with E-state index in [1.807, 2.05) is 35.2 Å². The van der Waals surface area contributed by atoms with Gasteiger partial charge in [0.1, 0.15) is 0 Å². The van der Waals surface area contributed by atoms with E-state index in [4.69, 9.17) is 0 Å². The molecule has 1 aromatic carbocycles. The number of sulfone groups is 1. The second-order valence-electron chi connectivity index (χ2n) is 7.49. The maximum Gasteiger partial charge on any atom is 0.294 e. The summed E-state index contributed by atoms with van der Waals surface area (Å²) < 4.78 is 23.2. The topological polar surface area (TPSA) is 109 Å². The maximum atomic E-state index is 13.1. The summed E-state index contributed by atoms with van der Waals surface area (Å²) in [7, 11) is -3.00. The lowest BCUT2D eigenvalue weighted by molar-refractivity contribution is -0.141. The van der Waals surface area contributed by atoms with Gasteiger partial charge in [-0.2, -0.15) is 9.90 Å². The molecule has 2 fully saturated rings. The average Bonchev–Trinajstić information content (AvgIpc) is 3.37. The first kappa shape index (κ1) is 20.5. The summed E-state index contributed by atoms with van der Waals surface area (Å²) in [4.78, 5) is 29.2. The van der Waals surface area contributed by atoms with Gasteiger partial charge in [-0.15, -0.1) is 5.10 Å². The van der Waals surface area contributed by atoms with E-state index in [0.717, 1.165) is 5.69 Å². The Morgan fingerprint density at radius 1 is 0.967 bits per heavy atom. The van der Waals surface area contributed by atoms with Crippen LogP contribution in [0.4, 0.5) is 0 Å². The Labute approximate surface area is 174 Å². The minimum Gasteiger partial charge on any atom is -0.292 e. The first-order chi connectivity index (χ1) is 14.3. The molecule has 30 heavy (non-hydrogen) atoms. The number of aromatic nitrogens is 3. The van der Waals surface area contributed by atoms with Crippen LogP contribution in [0.15, 0.2) is 30.3 Å². The van der Waals surface area contributed by atoms with Crippen LogP contribution in [0.5, 0.6) is 0 Å². The van der Waals surface area contributed by atoms with Gasteiger partial charge >= 0.3 is 0 Å². The highest BCUT2D eigenvalue weighted by Gasteiger charge is 2.35. The van der Waals surface area contributed by atoms with Crippen LogP contribution < -0.4 is 0 Å². The van der Waals surface area contributed by atoms with Crippen LogP contribution in [-0.2, 0) is 14.6 Å². The number of hydrazine groups is 1. The van der Waals surface area contributed by atoms with E-state index in [1.165, 1.54) is 14.8 Å². The van der Waals surface area contributed by atoms with E-state index in [9.17, 15) is 18.0 Å². The molecule has 0 bridgehead atoms. The molecule has 2 amide bonds. The summed E-state index contributed by atoms with van der Waals surface area (Å²) >= 11 is 0. The van der Waals surface area contributed by atoms with Crippen LogP contribution in [0.1, 0.15) is 22.6 Å². The van der Waals surface area contributed by atoms with Crippen molar-refractivity contribution in [1.29, 1.82) is 0 Å². The molecule has 2 aromatic rings. The molecule has 4 rings (SSSR count). The zero-order valence-electron chi connectivity index (χ0n) is 16.8. The van der Waals surface area contributed by atoms with Crippen LogP contribution in [0, 0.1) is 6.92 Å². The predicted molar refractivity (Wildman–Crippen MR) is 109 cm³/mol. The van der Waals surface area contributed by atoms with Crippen LogP contribution >= 0.6 is 0 Å². The molecule has 0 saturated carbocycles.